The summed E-state index contributed by atoms with van der Waals surface area (Å²) in [5, 5.41) is 9.77. The van der Waals surface area contributed by atoms with E-state index >= 15 is 0 Å². The van der Waals surface area contributed by atoms with Crippen LogP contribution in [-0.4, -0.2) is 5.11 Å². The van der Waals surface area contributed by atoms with Crippen molar-refractivity contribution in [2.24, 2.45) is 16.7 Å². The van der Waals surface area contributed by atoms with E-state index in [4.69, 9.17) is 0 Å². The second kappa shape index (κ2) is 4.01. The van der Waals surface area contributed by atoms with Crippen LogP contribution in [0.4, 0.5) is 0 Å². The fourth-order valence-corrected chi connectivity index (χ4v) is 3.51. The van der Waals surface area contributed by atoms with Crippen LogP contribution in [0, 0.1) is 16.7 Å². The van der Waals surface area contributed by atoms with Gasteiger partial charge < -0.3 is 5.11 Å². The van der Waals surface area contributed by atoms with Crippen molar-refractivity contribution in [3.63, 3.8) is 0 Å². The highest BCUT2D eigenvalue weighted by Gasteiger charge is 2.44. The molecule has 0 saturated heterocycles. The summed E-state index contributed by atoms with van der Waals surface area (Å²) >= 11 is 0. The van der Waals surface area contributed by atoms with Crippen LogP contribution < -0.4 is 0 Å². The highest BCUT2D eigenvalue weighted by molar-refractivity contribution is 5.43. The average molecular weight is 246 g/mol. The number of phenols is 1. The SMILES string of the molecule is CC(C)(C)C1Cc2ccc(O)cc2C1C(C)(C)C. The molecule has 0 spiro atoms. The van der Waals surface area contributed by atoms with Crippen molar-refractivity contribution in [1.82, 2.24) is 0 Å². The molecular weight excluding hydrogens is 220 g/mol. The topological polar surface area (TPSA) is 20.2 Å². The van der Waals surface area contributed by atoms with Crippen molar-refractivity contribution in [3.05, 3.63) is 29.3 Å². The lowest BCUT2D eigenvalue weighted by Gasteiger charge is -2.40. The van der Waals surface area contributed by atoms with Gasteiger partial charge in [0.2, 0.25) is 0 Å². The van der Waals surface area contributed by atoms with Crippen LogP contribution in [0.1, 0.15) is 58.6 Å². The third-order valence-corrected chi connectivity index (χ3v) is 4.35. The summed E-state index contributed by atoms with van der Waals surface area (Å²) in [4.78, 5) is 0. The number of hydrogen-bond donors (Lipinski definition) is 1. The minimum absolute atomic E-state index is 0.233. The Balaban J connectivity index is 2.52. The van der Waals surface area contributed by atoms with Crippen molar-refractivity contribution in [2.75, 3.05) is 0 Å². The lowest BCUT2D eigenvalue weighted by Crippen LogP contribution is -2.31. The van der Waals surface area contributed by atoms with Crippen LogP contribution in [0.2, 0.25) is 0 Å². The fraction of sp³-hybridized carbons (Fsp3) is 0.647. The monoisotopic (exact) mass is 246 g/mol. The highest BCUT2D eigenvalue weighted by atomic mass is 16.3. The van der Waals surface area contributed by atoms with E-state index in [0.29, 0.717) is 23.0 Å². The smallest absolute Gasteiger partial charge is 0.115 e. The molecular formula is C17H26O. The molecule has 0 radical (unpaired) electrons. The molecule has 1 heteroatoms. The summed E-state index contributed by atoms with van der Waals surface area (Å²) in [5.74, 6) is 1.58. The van der Waals surface area contributed by atoms with E-state index in [1.807, 2.05) is 12.1 Å². The summed E-state index contributed by atoms with van der Waals surface area (Å²) in [6.45, 7) is 14.0. The molecule has 0 aliphatic heterocycles. The molecule has 0 bridgehead atoms. The summed E-state index contributed by atoms with van der Waals surface area (Å²) in [7, 11) is 0. The quantitative estimate of drug-likeness (QED) is 0.701. The normalized spacial score (nSPS) is 24.1. The van der Waals surface area contributed by atoms with Gasteiger partial charge in [-0.1, -0.05) is 47.6 Å². The van der Waals surface area contributed by atoms with Crippen molar-refractivity contribution in [2.45, 2.75) is 53.9 Å². The molecule has 0 heterocycles. The zero-order valence-electron chi connectivity index (χ0n) is 12.5. The van der Waals surface area contributed by atoms with Crippen LogP contribution >= 0.6 is 0 Å². The van der Waals surface area contributed by atoms with Crippen LogP contribution in [0.5, 0.6) is 5.75 Å². The van der Waals surface area contributed by atoms with Gasteiger partial charge in [-0.15, -0.1) is 0 Å². The van der Waals surface area contributed by atoms with E-state index < -0.39 is 0 Å². The molecule has 1 aromatic rings. The van der Waals surface area contributed by atoms with Gasteiger partial charge in [0.15, 0.2) is 0 Å². The molecule has 0 amide bonds. The fourth-order valence-electron chi connectivity index (χ4n) is 3.51. The Hall–Kier alpha value is -0.980. The molecule has 0 fully saturated rings. The van der Waals surface area contributed by atoms with E-state index in [9.17, 15) is 5.11 Å². The molecule has 1 aromatic carbocycles. The number of benzene rings is 1. The van der Waals surface area contributed by atoms with E-state index in [2.05, 4.69) is 47.6 Å². The van der Waals surface area contributed by atoms with Crippen LogP contribution in [0.15, 0.2) is 18.2 Å². The van der Waals surface area contributed by atoms with Gasteiger partial charge in [0, 0.05) is 0 Å². The maximum absolute atomic E-state index is 9.77. The number of phenolic OH excluding ortho intramolecular Hbond substituents is 1. The van der Waals surface area contributed by atoms with Crippen molar-refractivity contribution < 1.29 is 5.11 Å². The van der Waals surface area contributed by atoms with Crippen LogP contribution in [-0.2, 0) is 6.42 Å². The molecule has 2 unspecified atom stereocenters. The number of aromatic hydroxyl groups is 1. The first-order valence-corrected chi connectivity index (χ1v) is 6.92. The molecule has 1 N–H and O–H groups in total. The first-order chi connectivity index (χ1) is 8.10. The molecule has 100 valence electrons. The molecule has 2 rings (SSSR count). The van der Waals surface area contributed by atoms with Gasteiger partial charge in [-0.25, -0.2) is 0 Å². The molecule has 0 saturated carbocycles. The zero-order valence-corrected chi connectivity index (χ0v) is 12.5. The van der Waals surface area contributed by atoms with Crippen LogP contribution in [0.25, 0.3) is 0 Å². The van der Waals surface area contributed by atoms with Crippen molar-refractivity contribution in [3.8, 4) is 5.75 Å². The first-order valence-electron chi connectivity index (χ1n) is 6.92. The van der Waals surface area contributed by atoms with Gasteiger partial charge in [-0.05, 0) is 52.3 Å². The summed E-state index contributed by atoms with van der Waals surface area (Å²) in [5.41, 5.74) is 3.32. The van der Waals surface area contributed by atoms with Gasteiger partial charge in [0.1, 0.15) is 5.75 Å². The second-order valence-electron chi connectivity index (χ2n) is 7.90. The number of hydrogen-bond acceptors (Lipinski definition) is 1. The average Bonchev–Trinajstić information content (AvgIpc) is 2.54. The van der Waals surface area contributed by atoms with Gasteiger partial charge in [0.05, 0.1) is 0 Å². The van der Waals surface area contributed by atoms with Crippen LogP contribution in [0.3, 0.4) is 0 Å². The Kier molecular flexibility index (Phi) is 3.00. The maximum Gasteiger partial charge on any atom is 0.115 e. The van der Waals surface area contributed by atoms with E-state index in [1.54, 1.807) is 0 Å². The van der Waals surface area contributed by atoms with Gasteiger partial charge in [-0.2, -0.15) is 0 Å². The molecule has 1 nitrogen and oxygen atoms in total. The van der Waals surface area contributed by atoms with E-state index in [1.165, 1.54) is 11.1 Å². The zero-order chi connectivity index (χ0) is 13.7. The highest BCUT2D eigenvalue weighted by Crippen LogP contribution is 2.54. The molecule has 1 aliphatic rings. The van der Waals surface area contributed by atoms with Gasteiger partial charge in [0.25, 0.3) is 0 Å². The van der Waals surface area contributed by atoms with E-state index in [-0.39, 0.29) is 5.41 Å². The number of fused-ring (bicyclic) bond motifs is 1. The summed E-state index contributed by atoms with van der Waals surface area (Å²) in [6.07, 6.45) is 1.14. The Morgan fingerprint density at radius 1 is 1.00 bits per heavy atom. The standard InChI is InChI=1S/C17H26O/c1-16(2,3)14-9-11-7-8-12(18)10-13(11)15(14)17(4,5)6/h7-8,10,14-15,18H,9H2,1-6H3. The first kappa shape index (κ1) is 13.5. The lowest BCUT2D eigenvalue weighted by molar-refractivity contribution is 0.142. The number of rotatable bonds is 0. The Labute approximate surface area is 111 Å². The minimum Gasteiger partial charge on any atom is -0.508 e. The van der Waals surface area contributed by atoms with Crippen molar-refractivity contribution in [1.29, 1.82) is 0 Å². The summed E-state index contributed by atoms with van der Waals surface area (Å²) in [6, 6.07) is 5.91. The van der Waals surface area contributed by atoms with Gasteiger partial charge in [-0.3, -0.25) is 0 Å². The minimum atomic E-state index is 0.233. The third kappa shape index (κ3) is 2.28. The Bertz CT molecular complexity index is 446. The Morgan fingerprint density at radius 3 is 2.11 bits per heavy atom. The third-order valence-electron chi connectivity index (χ3n) is 4.35. The predicted molar refractivity (Wildman–Crippen MR) is 77.0 cm³/mol. The molecule has 0 aromatic heterocycles. The Morgan fingerprint density at radius 2 is 1.61 bits per heavy atom. The molecule has 18 heavy (non-hydrogen) atoms. The second-order valence-corrected chi connectivity index (χ2v) is 7.90. The molecule has 2 atom stereocenters. The maximum atomic E-state index is 9.77. The lowest BCUT2D eigenvalue weighted by atomic mass is 9.65. The van der Waals surface area contributed by atoms with E-state index in [0.717, 1.165) is 6.42 Å². The van der Waals surface area contributed by atoms with Crippen molar-refractivity contribution >= 4 is 0 Å². The van der Waals surface area contributed by atoms with Gasteiger partial charge >= 0.3 is 0 Å². The predicted octanol–water partition coefficient (Wildman–Crippen LogP) is 4.74. The largest absolute Gasteiger partial charge is 0.508 e. The summed E-state index contributed by atoms with van der Waals surface area (Å²) < 4.78 is 0. The molecule has 1 aliphatic carbocycles.